The van der Waals surface area contributed by atoms with E-state index in [0.29, 0.717) is 6.61 Å². The van der Waals surface area contributed by atoms with Crippen molar-refractivity contribution in [2.75, 3.05) is 12.4 Å². The van der Waals surface area contributed by atoms with Gasteiger partial charge in [0.05, 0.1) is 6.04 Å². The summed E-state index contributed by atoms with van der Waals surface area (Å²) in [4.78, 5) is 13.6. The van der Waals surface area contributed by atoms with Gasteiger partial charge in [0, 0.05) is 25.3 Å². The average molecular weight is 316 g/mol. The van der Waals surface area contributed by atoms with Crippen LogP contribution in [0, 0.1) is 0 Å². The quantitative estimate of drug-likeness (QED) is 0.933. The monoisotopic (exact) mass is 316 g/mol. The van der Waals surface area contributed by atoms with Gasteiger partial charge < -0.3 is 10.1 Å². The molecule has 2 aromatic heterocycles. The number of hydrogen-bond donors (Lipinski definition) is 1. The number of aromatic nitrogens is 5. The van der Waals surface area contributed by atoms with Crippen LogP contribution in [0.2, 0.25) is 0 Å². The maximum atomic E-state index is 5.13. The molecule has 3 rings (SSSR count). The van der Waals surface area contributed by atoms with Crippen LogP contribution in [0.15, 0.2) is 12.3 Å². The van der Waals surface area contributed by atoms with Gasteiger partial charge >= 0.3 is 0 Å². The molecule has 7 nitrogen and oxygen atoms in total. The summed E-state index contributed by atoms with van der Waals surface area (Å²) >= 11 is 0. The van der Waals surface area contributed by atoms with E-state index in [0.717, 1.165) is 42.7 Å². The van der Waals surface area contributed by atoms with Crippen LogP contribution in [-0.2, 0) is 23.3 Å². The number of ether oxygens (including phenoxy) is 1. The minimum Gasteiger partial charge on any atom is -0.377 e. The normalized spacial score (nSPS) is 17.8. The number of fused-ring (bicyclic) bond motifs is 1. The van der Waals surface area contributed by atoms with Gasteiger partial charge in [-0.1, -0.05) is 20.8 Å². The Balaban J connectivity index is 1.82. The van der Waals surface area contributed by atoms with Crippen molar-refractivity contribution in [1.29, 1.82) is 0 Å². The first-order valence-electron chi connectivity index (χ1n) is 8.00. The summed E-state index contributed by atoms with van der Waals surface area (Å²) in [5.41, 5.74) is -0.0735. The number of anilines is 1. The first kappa shape index (κ1) is 15.9. The SMILES string of the molecule is COCc1nc2n(n1)CCCC2Nc1ccnc(C(C)(C)C)n1. The Morgan fingerprint density at radius 2 is 2.17 bits per heavy atom. The van der Waals surface area contributed by atoms with Crippen LogP contribution < -0.4 is 5.32 Å². The lowest BCUT2D eigenvalue weighted by atomic mass is 9.96. The van der Waals surface area contributed by atoms with Gasteiger partial charge in [-0.15, -0.1) is 0 Å². The lowest BCUT2D eigenvalue weighted by Gasteiger charge is -2.24. The Kier molecular flexibility index (Phi) is 4.30. The molecule has 0 aromatic carbocycles. The summed E-state index contributed by atoms with van der Waals surface area (Å²) in [5.74, 6) is 3.35. The number of rotatable bonds is 4. The van der Waals surface area contributed by atoms with E-state index in [1.165, 1.54) is 0 Å². The first-order chi connectivity index (χ1) is 11.0. The third-order valence-electron chi connectivity index (χ3n) is 3.84. The molecule has 7 heteroatoms. The van der Waals surface area contributed by atoms with Gasteiger partial charge in [0.15, 0.2) is 5.82 Å². The van der Waals surface area contributed by atoms with E-state index in [1.807, 2.05) is 10.7 Å². The highest BCUT2D eigenvalue weighted by atomic mass is 16.5. The van der Waals surface area contributed by atoms with E-state index in [4.69, 9.17) is 4.74 Å². The Labute approximate surface area is 136 Å². The molecule has 1 unspecified atom stereocenters. The third kappa shape index (κ3) is 3.50. The molecule has 3 heterocycles. The van der Waals surface area contributed by atoms with Gasteiger partial charge in [-0.2, -0.15) is 5.10 Å². The molecule has 1 aliphatic heterocycles. The van der Waals surface area contributed by atoms with Crippen LogP contribution in [0.3, 0.4) is 0 Å². The summed E-state index contributed by atoms with van der Waals surface area (Å²) < 4.78 is 7.11. The summed E-state index contributed by atoms with van der Waals surface area (Å²) in [7, 11) is 1.66. The van der Waals surface area contributed by atoms with Gasteiger partial charge in [0.1, 0.15) is 24.1 Å². The molecule has 124 valence electrons. The molecule has 1 aliphatic rings. The molecule has 0 bridgehead atoms. The molecule has 1 atom stereocenters. The van der Waals surface area contributed by atoms with E-state index < -0.39 is 0 Å². The fourth-order valence-corrected chi connectivity index (χ4v) is 2.71. The van der Waals surface area contributed by atoms with Crippen molar-refractivity contribution in [3.63, 3.8) is 0 Å². The second-order valence-corrected chi connectivity index (χ2v) is 6.90. The molecule has 0 radical (unpaired) electrons. The van der Waals surface area contributed by atoms with Crippen molar-refractivity contribution < 1.29 is 4.74 Å². The predicted octanol–water partition coefficient (Wildman–Crippen LogP) is 2.46. The second kappa shape index (κ2) is 6.23. The fourth-order valence-electron chi connectivity index (χ4n) is 2.71. The zero-order valence-electron chi connectivity index (χ0n) is 14.2. The molecule has 0 saturated carbocycles. The minimum atomic E-state index is -0.0735. The lowest BCUT2D eigenvalue weighted by molar-refractivity contribution is 0.177. The summed E-state index contributed by atoms with van der Waals surface area (Å²) in [6.45, 7) is 7.68. The van der Waals surface area contributed by atoms with Crippen LogP contribution in [0.1, 0.15) is 57.1 Å². The van der Waals surface area contributed by atoms with Crippen LogP contribution in [0.4, 0.5) is 5.82 Å². The highest BCUT2D eigenvalue weighted by Crippen LogP contribution is 2.27. The molecule has 1 N–H and O–H groups in total. The number of aryl methyl sites for hydroxylation is 1. The van der Waals surface area contributed by atoms with Crippen molar-refractivity contribution in [2.45, 2.75) is 58.2 Å². The molecular weight excluding hydrogens is 292 g/mol. The standard InChI is InChI=1S/C16H24N6O/c1-16(2,3)15-17-8-7-12(20-15)18-11-6-5-9-22-14(11)19-13(21-22)10-23-4/h7-8,11H,5-6,9-10H2,1-4H3,(H,17,18,20). The zero-order chi connectivity index (χ0) is 16.4. The van der Waals surface area contributed by atoms with Gasteiger partial charge in [0.2, 0.25) is 0 Å². The summed E-state index contributed by atoms with van der Waals surface area (Å²) in [6.07, 6.45) is 3.89. The number of nitrogens with one attached hydrogen (secondary N) is 1. The second-order valence-electron chi connectivity index (χ2n) is 6.90. The highest BCUT2D eigenvalue weighted by Gasteiger charge is 2.25. The smallest absolute Gasteiger partial charge is 0.176 e. The topological polar surface area (TPSA) is 77.8 Å². The van der Waals surface area contributed by atoms with E-state index in [1.54, 1.807) is 13.3 Å². The molecule has 0 spiro atoms. The van der Waals surface area contributed by atoms with E-state index in [2.05, 4.69) is 46.1 Å². The van der Waals surface area contributed by atoms with Crippen LogP contribution >= 0.6 is 0 Å². The Hall–Kier alpha value is -2.02. The van der Waals surface area contributed by atoms with Crippen molar-refractivity contribution in [2.24, 2.45) is 0 Å². The van der Waals surface area contributed by atoms with E-state index >= 15 is 0 Å². The maximum Gasteiger partial charge on any atom is 0.176 e. The molecule has 0 aliphatic carbocycles. The van der Waals surface area contributed by atoms with Crippen LogP contribution in [-0.4, -0.2) is 31.8 Å². The minimum absolute atomic E-state index is 0.0735. The summed E-state index contributed by atoms with van der Waals surface area (Å²) in [5, 5.41) is 7.99. The number of nitrogens with zero attached hydrogens (tertiary/aromatic N) is 5. The van der Waals surface area contributed by atoms with E-state index in [-0.39, 0.29) is 11.5 Å². The average Bonchev–Trinajstić information content (AvgIpc) is 2.91. The molecule has 23 heavy (non-hydrogen) atoms. The third-order valence-corrected chi connectivity index (χ3v) is 3.84. The molecule has 0 fully saturated rings. The Bertz CT molecular complexity index is 675. The van der Waals surface area contributed by atoms with Crippen LogP contribution in [0.5, 0.6) is 0 Å². The van der Waals surface area contributed by atoms with Gasteiger partial charge in [-0.3, -0.25) is 0 Å². The molecule has 2 aromatic rings. The lowest BCUT2D eigenvalue weighted by Crippen LogP contribution is -2.24. The summed E-state index contributed by atoms with van der Waals surface area (Å²) in [6, 6.07) is 2.02. The van der Waals surface area contributed by atoms with Crippen molar-refractivity contribution in [1.82, 2.24) is 24.7 Å². The Morgan fingerprint density at radius 3 is 2.91 bits per heavy atom. The van der Waals surface area contributed by atoms with Gasteiger partial charge in [-0.05, 0) is 18.9 Å². The van der Waals surface area contributed by atoms with Crippen molar-refractivity contribution >= 4 is 5.82 Å². The zero-order valence-corrected chi connectivity index (χ0v) is 14.2. The fraction of sp³-hybridized carbons (Fsp3) is 0.625. The van der Waals surface area contributed by atoms with Crippen LogP contribution in [0.25, 0.3) is 0 Å². The Morgan fingerprint density at radius 1 is 1.35 bits per heavy atom. The first-order valence-corrected chi connectivity index (χ1v) is 8.00. The number of methoxy groups -OCH3 is 1. The van der Waals surface area contributed by atoms with Crippen molar-refractivity contribution in [3.8, 4) is 0 Å². The largest absolute Gasteiger partial charge is 0.377 e. The maximum absolute atomic E-state index is 5.13. The molecular formula is C16H24N6O. The van der Waals surface area contributed by atoms with Gasteiger partial charge in [-0.25, -0.2) is 19.6 Å². The van der Waals surface area contributed by atoms with E-state index in [9.17, 15) is 0 Å². The molecule has 0 saturated heterocycles. The number of hydrogen-bond acceptors (Lipinski definition) is 6. The van der Waals surface area contributed by atoms with Gasteiger partial charge in [0.25, 0.3) is 0 Å². The van der Waals surface area contributed by atoms with Crippen molar-refractivity contribution in [3.05, 3.63) is 29.7 Å². The predicted molar refractivity (Wildman–Crippen MR) is 87.1 cm³/mol. The molecule has 0 amide bonds. The highest BCUT2D eigenvalue weighted by molar-refractivity contribution is 5.36.